The standard InChI is InChI=1S/C18H25NO2/c1-5-16-9-10-18(21-16)12-19-14(4)15-7-6-8-17(11-15)20-13(2)3/h6-11,13-14,19H,5,12H2,1-4H3. The summed E-state index contributed by atoms with van der Waals surface area (Å²) < 4.78 is 11.4. The smallest absolute Gasteiger partial charge is 0.120 e. The second kappa shape index (κ2) is 7.32. The van der Waals surface area contributed by atoms with Crippen molar-refractivity contribution in [3.05, 3.63) is 53.5 Å². The molecule has 21 heavy (non-hydrogen) atoms. The van der Waals surface area contributed by atoms with Crippen molar-refractivity contribution in [3.63, 3.8) is 0 Å². The lowest BCUT2D eigenvalue weighted by molar-refractivity contribution is 0.242. The molecule has 0 aliphatic carbocycles. The van der Waals surface area contributed by atoms with Gasteiger partial charge in [-0.2, -0.15) is 0 Å². The Bertz CT molecular complexity index is 560. The van der Waals surface area contributed by atoms with Gasteiger partial charge in [-0.05, 0) is 50.6 Å². The Morgan fingerprint density at radius 1 is 1.10 bits per heavy atom. The summed E-state index contributed by atoms with van der Waals surface area (Å²) >= 11 is 0. The average molecular weight is 287 g/mol. The summed E-state index contributed by atoms with van der Waals surface area (Å²) in [6.07, 6.45) is 1.13. The first-order valence-corrected chi connectivity index (χ1v) is 7.66. The van der Waals surface area contributed by atoms with Gasteiger partial charge in [-0.3, -0.25) is 0 Å². The molecule has 1 atom stereocenters. The van der Waals surface area contributed by atoms with E-state index in [0.717, 1.165) is 30.2 Å². The molecule has 114 valence electrons. The van der Waals surface area contributed by atoms with E-state index in [0.29, 0.717) is 0 Å². The van der Waals surface area contributed by atoms with E-state index in [2.05, 4.69) is 31.3 Å². The monoisotopic (exact) mass is 287 g/mol. The van der Waals surface area contributed by atoms with Crippen LogP contribution in [0.1, 0.15) is 50.8 Å². The van der Waals surface area contributed by atoms with Crippen molar-refractivity contribution in [2.45, 2.75) is 52.8 Å². The van der Waals surface area contributed by atoms with Crippen LogP contribution >= 0.6 is 0 Å². The van der Waals surface area contributed by atoms with Crippen molar-refractivity contribution in [1.29, 1.82) is 0 Å². The Balaban J connectivity index is 1.94. The van der Waals surface area contributed by atoms with Crippen molar-refractivity contribution in [1.82, 2.24) is 5.32 Å². The Labute approximate surface area is 127 Å². The van der Waals surface area contributed by atoms with Gasteiger partial charge >= 0.3 is 0 Å². The maximum absolute atomic E-state index is 5.74. The molecule has 1 aromatic carbocycles. The highest BCUT2D eigenvalue weighted by atomic mass is 16.5. The lowest BCUT2D eigenvalue weighted by Gasteiger charge is -2.16. The normalized spacial score (nSPS) is 12.6. The van der Waals surface area contributed by atoms with Crippen molar-refractivity contribution < 1.29 is 9.15 Å². The fourth-order valence-electron chi connectivity index (χ4n) is 2.21. The van der Waals surface area contributed by atoms with Crippen LogP contribution in [0.3, 0.4) is 0 Å². The minimum Gasteiger partial charge on any atom is -0.491 e. The maximum atomic E-state index is 5.74. The molecule has 3 nitrogen and oxygen atoms in total. The molecule has 1 unspecified atom stereocenters. The number of hydrogen-bond acceptors (Lipinski definition) is 3. The third-order valence-corrected chi connectivity index (χ3v) is 3.38. The van der Waals surface area contributed by atoms with Gasteiger partial charge in [0.1, 0.15) is 17.3 Å². The summed E-state index contributed by atoms with van der Waals surface area (Å²) in [6.45, 7) is 9.06. The summed E-state index contributed by atoms with van der Waals surface area (Å²) in [5.41, 5.74) is 1.22. The molecule has 1 N–H and O–H groups in total. The molecule has 0 radical (unpaired) electrons. The Morgan fingerprint density at radius 3 is 2.52 bits per heavy atom. The third kappa shape index (κ3) is 4.64. The summed E-state index contributed by atoms with van der Waals surface area (Å²) in [5.74, 6) is 2.93. The molecule has 0 aliphatic heterocycles. The van der Waals surface area contributed by atoms with E-state index in [1.54, 1.807) is 0 Å². The Hall–Kier alpha value is -1.74. The van der Waals surface area contributed by atoms with Crippen LogP contribution in [-0.2, 0) is 13.0 Å². The van der Waals surface area contributed by atoms with E-state index < -0.39 is 0 Å². The van der Waals surface area contributed by atoms with Crippen molar-refractivity contribution in [2.24, 2.45) is 0 Å². The van der Waals surface area contributed by atoms with Gasteiger partial charge < -0.3 is 14.5 Å². The van der Waals surface area contributed by atoms with E-state index in [1.165, 1.54) is 5.56 Å². The Morgan fingerprint density at radius 2 is 1.86 bits per heavy atom. The highest BCUT2D eigenvalue weighted by Crippen LogP contribution is 2.20. The largest absolute Gasteiger partial charge is 0.491 e. The minimum absolute atomic E-state index is 0.194. The van der Waals surface area contributed by atoms with Crippen LogP contribution in [0.25, 0.3) is 0 Å². The number of furan rings is 1. The molecular formula is C18H25NO2. The van der Waals surface area contributed by atoms with Crippen LogP contribution in [0.4, 0.5) is 0 Å². The average Bonchev–Trinajstić information content (AvgIpc) is 2.92. The second-order valence-electron chi connectivity index (χ2n) is 5.56. The van der Waals surface area contributed by atoms with Crippen molar-refractivity contribution >= 4 is 0 Å². The Kier molecular flexibility index (Phi) is 5.45. The van der Waals surface area contributed by atoms with E-state index in [1.807, 2.05) is 38.1 Å². The highest BCUT2D eigenvalue weighted by Gasteiger charge is 2.08. The predicted octanol–water partition coefficient (Wildman–Crippen LogP) is 4.48. The van der Waals surface area contributed by atoms with Gasteiger partial charge in [0.2, 0.25) is 0 Å². The summed E-state index contributed by atoms with van der Waals surface area (Å²) in [5, 5.41) is 3.48. The number of nitrogens with one attached hydrogen (secondary N) is 1. The van der Waals surface area contributed by atoms with Crippen LogP contribution in [-0.4, -0.2) is 6.10 Å². The molecule has 3 heteroatoms. The molecule has 2 rings (SSSR count). The molecule has 1 heterocycles. The van der Waals surface area contributed by atoms with Crippen LogP contribution in [0.5, 0.6) is 5.75 Å². The SMILES string of the molecule is CCc1ccc(CNC(C)c2cccc(OC(C)C)c2)o1. The van der Waals surface area contributed by atoms with Gasteiger partial charge in [-0.15, -0.1) is 0 Å². The molecule has 0 spiro atoms. The van der Waals surface area contributed by atoms with E-state index in [-0.39, 0.29) is 12.1 Å². The van der Waals surface area contributed by atoms with E-state index in [4.69, 9.17) is 9.15 Å². The molecule has 0 saturated heterocycles. The number of rotatable bonds is 7. The van der Waals surface area contributed by atoms with Gasteiger partial charge in [0.15, 0.2) is 0 Å². The highest BCUT2D eigenvalue weighted by molar-refractivity contribution is 5.30. The number of hydrogen-bond donors (Lipinski definition) is 1. The zero-order valence-electron chi connectivity index (χ0n) is 13.3. The molecule has 2 aromatic rings. The maximum Gasteiger partial charge on any atom is 0.120 e. The van der Waals surface area contributed by atoms with Crippen molar-refractivity contribution in [2.75, 3.05) is 0 Å². The van der Waals surface area contributed by atoms with Crippen LogP contribution in [0, 0.1) is 0 Å². The number of ether oxygens (including phenoxy) is 1. The molecule has 0 saturated carbocycles. The molecular weight excluding hydrogens is 262 g/mol. The molecule has 0 fully saturated rings. The number of aryl methyl sites for hydroxylation is 1. The first kappa shape index (κ1) is 15.6. The lowest BCUT2D eigenvalue weighted by Crippen LogP contribution is -2.18. The first-order chi connectivity index (χ1) is 10.1. The summed E-state index contributed by atoms with van der Waals surface area (Å²) in [7, 11) is 0. The van der Waals surface area contributed by atoms with Gasteiger partial charge in [0.25, 0.3) is 0 Å². The first-order valence-electron chi connectivity index (χ1n) is 7.66. The van der Waals surface area contributed by atoms with Crippen LogP contribution in [0.15, 0.2) is 40.8 Å². The molecule has 0 bridgehead atoms. The fourth-order valence-corrected chi connectivity index (χ4v) is 2.21. The zero-order valence-corrected chi connectivity index (χ0v) is 13.3. The van der Waals surface area contributed by atoms with E-state index in [9.17, 15) is 0 Å². The summed E-state index contributed by atoms with van der Waals surface area (Å²) in [6, 6.07) is 12.6. The van der Waals surface area contributed by atoms with Crippen LogP contribution in [0.2, 0.25) is 0 Å². The van der Waals surface area contributed by atoms with Gasteiger partial charge in [-0.25, -0.2) is 0 Å². The topological polar surface area (TPSA) is 34.4 Å². The zero-order chi connectivity index (χ0) is 15.2. The van der Waals surface area contributed by atoms with Gasteiger partial charge in [-0.1, -0.05) is 19.1 Å². The quantitative estimate of drug-likeness (QED) is 0.815. The second-order valence-corrected chi connectivity index (χ2v) is 5.56. The molecule has 0 amide bonds. The minimum atomic E-state index is 0.194. The lowest BCUT2D eigenvalue weighted by atomic mass is 10.1. The predicted molar refractivity (Wildman–Crippen MR) is 85.5 cm³/mol. The van der Waals surface area contributed by atoms with Gasteiger partial charge in [0, 0.05) is 12.5 Å². The van der Waals surface area contributed by atoms with E-state index >= 15 is 0 Å². The fraction of sp³-hybridized carbons (Fsp3) is 0.444. The molecule has 0 aliphatic rings. The van der Waals surface area contributed by atoms with Crippen LogP contribution < -0.4 is 10.1 Å². The number of benzene rings is 1. The molecule has 1 aromatic heterocycles. The van der Waals surface area contributed by atoms with Crippen molar-refractivity contribution in [3.8, 4) is 5.75 Å². The third-order valence-electron chi connectivity index (χ3n) is 3.38. The summed E-state index contributed by atoms with van der Waals surface area (Å²) in [4.78, 5) is 0. The van der Waals surface area contributed by atoms with Gasteiger partial charge in [0.05, 0.1) is 12.6 Å².